The van der Waals surface area contributed by atoms with Gasteiger partial charge in [0.1, 0.15) is 11.6 Å². The molecule has 0 radical (unpaired) electrons. The van der Waals surface area contributed by atoms with E-state index in [1.807, 2.05) is 0 Å². The topological polar surface area (TPSA) is 112 Å². The predicted molar refractivity (Wildman–Crippen MR) is 104 cm³/mol. The molecule has 1 aliphatic rings. The quantitative estimate of drug-likeness (QED) is 0.651. The summed E-state index contributed by atoms with van der Waals surface area (Å²) in [6.07, 6.45) is 0.648. The predicted octanol–water partition coefficient (Wildman–Crippen LogP) is 2.39. The van der Waals surface area contributed by atoms with Crippen LogP contribution in [0.2, 0.25) is 0 Å². The monoisotopic (exact) mass is 376 g/mol. The standard InChI is InChI=1S/C21H20N4O3/c1-12-15(3-2-4-18(12)26)21(28)25-10-9-16-17(11-25)24-20(23-16)14-7-5-13(6-8-14)19(22)27/h2-8,26H,9-11H2,1H3,(H2,22,27)(H,23,24). The van der Waals surface area contributed by atoms with Crippen molar-refractivity contribution in [1.29, 1.82) is 0 Å². The van der Waals surface area contributed by atoms with E-state index in [-0.39, 0.29) is 11.7 Å². The Kier molecular flexibility index (Phi) is 4.35. The van der Waals surface area contributed by atoms with Gasteiger partial charge in [-0.05, 0) is 31.2 Å². The summed E-state index contributed by atoms with van der Waals surface area (Å²) < 4.78 is 0. The number of carbonyl (C=O) groups is 2. The van der Waals surface area contributed by atoms with Crippen LogP contribution in [0, 0.1) is 6.92 Å². The first-order valence-corrected chi connectivity index (χ1v) is 9.00. The van der Waals surface area contributed by atoms with Gasteiger partial charge in [-0.1, -0.05) is 18.2 Å². The maximum Gasteiger partial charge on any atom is 0.254 e. The molecular formula is C21H20N4O3. The van der Waals surface area contributed by atoms with Crippen molar-refractivity contribution in [3.63, 3.8) is 0 Å². The summed E-state index contributed by atoms with van der Waals surface area (Å²) in [7, 11) is 0. The van der Waals surface area contributed by atoms with Crippen LogP contribution in [-0.4, -0.2) is 38.3 Å². The van der Waals surface area contributed by atoms with Gasteiger partial charge in [0.15, 0.2) is 0 Å². The Bertz CT molecular complexity index is 1070. The number of nitrogens with zero attached hydrogens (tertiary/aromatic N) is 2. The number of nitrogens with two attached hydrogens (primary N) is 1. The smallest absolute Gasteiger partial charge is 0.254 e. The van der Waals surface area contributed by atoms with Gasteiger partial charge in [0.05, 0.1) is 17.9 Å². The number of hydrogen-bond donors (Lipinski definition) is 3. The number of aromatic nitrogens is 2. The van der Waals surface area contributed by atoms with Crippen LogP contribution in [0.25, 0.3) is 11.4 Å². The molecule has 0 bridgehead atoms. The van der Waals surface area contributed by atoms with E-state index in [0.29, 0.717) is 42.0 Å². The molecule has 4 rings (SSSR count). The summed E-state index contributed by atoms with van der Waals surface area (Å²) in [5, 5.41) is 9.87. The second kappa shape index (κ2) is 6.84. The number of phenolic OH excluding ortho intramolecular Hbond substituents is 1. The van der Waals surface area contributed by atoms with Gasteiger partial charge in [-0.2, -0.15) is 0 Å². The number of nitrogens with one attached hydrogen (secondary N) is 1. The van der Waals surface area contributed by atoms with Crippen LogP contribution in [0.3, 0.4) is 0 Å². The maximum atomic E-state index is 12.9. The Labute approximate surface area is 161 Å². The highest BCUT2D eigenvalue weighted by atomic mass is 16.3. The van der Waals surface area contributed by atoms with Gasteiger partial charge >= 0.3 is 0 Å². The number of fused-ring (bicyclic) bond motifs is 1. The van der Waals surface area contributed by atoms with Crippen molar-refractivity contribution in [1.82, 2.24) is 14.9 Å². The summed E-state index contributed by atoms with van der Waals surface area (Å²) in [5.74, 6) is 0.235. The summed E-state index contributed by atoms with van der Waals surface area (Å²) in [4.78, 5) is 33.8. The first-order chi connectivity index (χ1) is 13.4. The molecule has 1 aromatic heterocycles. The van der Waals surface area contributed by atoms with E-state index in [4.69, 9.17) is 5.73 Å². The van der Waals surface area contributed by atoms with E-state index in [1.165, 1.54) is 0 Å². The molecule has 142 valence electrons. The molecule has 0 saturated carbocycles. The van der Waals surface area contributed by atoms with Crippen LogP contribution < -0.4 is 5.73 Å². The third-order valence-electron chi connectivity index (χ3n) is 5.10. The van der Waals surface area contributed by atoms with E-state index in [9.17, 15) is 14.7 Å². The van der Waals surface area contributed by atoms with Crippen molar-refractivity contribution >= 4 is 11.8 Å². The molecule has 4 N–H and O–H groups in total. The molecule has 0 unspecified atom stereocenters. The Morgan fingerprint density at radius 2 is 1.93 bits per heavy atom. The Balaban J connectivity index is 1.57. The summed E-state index contributed by atoms with van der Waals surface area (Å²) in [6.45, 7) is 2.73. The maximum absolute atomic E-state index is 12.9. The molecule has 7 nitrogen and oxygen atoms in total. The van der Waals surface area contributed by atoms with Crippen LogP contribution >= 0.6 is 0 Å². The molecule has 28 heavy (non-hydrogen) atoms. The van der Waals surface area contributed by atoms with Crippen LogP contribution in [0.5, 0.6) is 5.75 Å². The zero-order chi connectivity index (χ0) is 19.8. The van der Waals surface area contributed by atoms with Crippen molar-refractivity contribution in [2.75, 3.05) is 6.54 Å². The molecular weight excluding hydrogens is 356 g/mol. The zero-order valence-electron chi connectivity index (χ0n) is 15.4. The van der Waals surface area contributed by atoms with E-state index in [0.717, 1.165) is 17.0 Å². The number of H-pyrrole nitrogens is 1. The lowest BCUT2D eigenvalue weighted by atomic mass is 10.0. The number of rotatable bonds is 3. The molecule has 0 saturated heterocycles. The Morgan fingerprint density at radius 3 is 2.64 bits per heavy atom. The minimum absolute atomic E-state index is 0.110. The molecule has 2 heterocycles. The van der Waals surface area contributed by atoms with Gasteiger partial charge in [-0.3, -0.25) is 9.59 Å². The van der Waals surface area contributed by atoms with E-state index in [1.54, 1.807) is 54.3 Å². The van der Waals surface area contributed by atoms with Gasteiger partial charge in [-0.25, -0.2) is 4.98 Å². The number of aromatic hydroxyl groups is 1. The summed E-state index contributed by atoms with van der Waals surface area (Å²) in [6, 6.07) is 11.9. The largest absolute Gasteiger partial charge is 0.508 e. The van der Waals surface area contributed by atoms with Gasteiger partial charge < -0.3 is 20.7 Å². The van der Waals surface area contributed by atoms with E-state index >= 15 is 0 Å². The average molecular weight is 376 g/mol. The number of aromatic amines is 1. The number of primary amides is 1. The number of imidazole rings is 1. The van der Waals surface area contributed by atoms with Crippen LogP contribution in [0.15, 0.2) is 42.5 Å². The zero-order valence-corrected chi connectivity index (χ0v) is 15.4. The minimum atomic E-state index is -0.471. The lowest BCUT2D eigenvalue weighted by molar-refractivity contribution is 0.0730. The SMILES string of the molecule is Cc1c(O)cccc1C(=O)N1CCc2nc(-c3ccc(C(N)=O)cc3)[nH]c2C1. The number of hydrogen-bond acceptors (Lipinski definition) is 4. The fraction of sp³-hybridized carbons (Fsp3) is 0.190. The van der Waals surface area contributed by atoms with Crippen molar-refractivity contribution in [2.45, 2.75) is 19.9 Å². The highest BCUT2D eigenvalue weighted by Gasteiger charge is 2.26. The van der Waals surface area contributed by atoms with Crippen molar-refractivity contribution in [3.8, 4) is 17.1 Å². The molecule has 0 spiro atoms. The third-order valence-corrected chi connectivity index (χ3v) is 5.10. The lowest BCUT2D eigenvalue weighted by Crippen LogP contribution is -2.36. The summed E-state index contributed by atoms with van der Waals surface area (Å²) in [5.41, 5.74) is 9.49. The second-order valence-electron chi connectivity index (χ2n) is 6.88. The van der Waals surface area contributed by atoms with Crippen LogP contribution in [0.1, 0.15) is 37.7 Å². The first kappa shape index (κ1) is 17.8. The average Bonchev–Trinajstić information content (AvgIpc) is 3.13. The third kappa shape index (κ3) is 3.11. The summed E-state index contributed by atoms with van der Waals surface area (Å²) >= 11 is 0. The Hall–Kier alpha value is -3.61. The number of benzene rings is 2. The number of carbonyl (C=O) groups excluding carboxylic acids is 2. The van der Waals surface area contributed by atoms with Crippen LogP contribution in [-0.2, 0) is 13.0 Å². The van der Waals surface area contributed by atoms with Crippen molar-refractivity contribution in [3.05, 3.63) is 70.5 Å². The fourth-order valence-corrected chi connectivity index (χ4v) is 3.42. The molecule has 0 atom stereocenters. The first-order valence-electron chi connectivity index (χ1n) is 9.00. The van der Waals surface area contributed by atoms with Crippen molar-refractivity contribution in [2.24, 2.45) is 5.73 Å². The minimum Gasteiger partial charge on any atom is -0.508 e. The number of amides is 2. The Morgan fingerprint density at radius 1 is 1.18 bits per heavy atom. The molecule has 1 aliphatic heterocycles. The van der Waals surface area contributed by atoms with Gasteiger partial charge in [0.25, 0.3) is 5.91 Å². The molecule has 0 fully saturated rings. The molecule has 2 amide bonds. The van der Waals surface area contributed by atoms with Gasteiger partial charge in [0, 0.05) is 35.2 Å². The normalized spacial score (nSPS) is 13.2. The van der Waals surface area contributed by atoms with E-state index in [2.05, 4.69) is 9.97 Å². The molecule has 3 aromatic rings. The van der Waals surface area contributed by atoms with Crippen LogP contribution in [0.4, 0.5) is 0 Å². The fourth-order valence-electron chi connectivity index (χ4n) is 3.42. The molecule has 0 aliphatic carbocycles. The van der Waals surface area contributed by atoms with Gasteiger partial charge in [-0.15, -0.1) is 0 Å². The van der Waals surface area contributed by atoms with E-state index < -0.39 is 5.91 Å². The highest BCUT2D eigenvalue weighted by Crippen LogP contribution is 2.26. The second-order valence-corrected chi connectivity index (χ2v) is 6.88. The highest BCUT2D eigenvalue weighted by molar-refractivity contribution is 5.96. The lowest BCUT2D eigenvalue weighted by Gasteiger charge is -2.27. The number of phenols is 1. The van der Waals surface area contributed by atoms with Gasteiger partial charge in [0.2, 0.25) is 5.91 Å². The molecule has 7 heteroatoms. The molecule has 2 aromatic carbocycles. The van der Waals surface area contributed by atoms with Crippen molar-refractivity contribution < 1.29 is 14.7 Å².